The lowest BCUT2D eigenvalue weighted by molar-refractivity contribution is -0.119. The molecule has 2 heteroatoms. The van der Waals surface area contributed by atoms with Crippen molar-refractivity contribution in [1.29, 1.82) is 0 Å². The molecule has 0 spiro atoms. The van der Waals surface area contributed by atoms with E-state index in [1.165, 1.54) is 5.56 Å². The van der Waals surface area contributed by atoms with Gasteiger partial charge in [-0.25, -0.2) is 0 Å². The summed E-state index contributed by atoms with van der Waals surface area (Å²) in [7, 11) is 0. The minimum atomic E-state index is 0.0784. The molecule has 0 heterocycles. The van der Waals surface area contributed by atoms with Gasteiger partial charge in [0.25, 0.3) is 0 Å². The molecular weight excluding hydrogens is 222 g/mol. The van der Waals surface area contributed by atoms with Crippen molar-refractivity contribution in [3.8, 4) is 0 Å². The van der Waals surface area contributed by atoms with Gasteiger partial charge in [-0.15, -0.1) is 0 Å². The molecular formula is C16H25NO. The Kier molecular flexibility index (Phi) is 5.39. The highest BCUT2D eigenvalue weighted by Crippen LogP contribution is 2.28. The summed E-state index contributed by atoms with van der Waals surface area (Å²) in [6.45, 7) is 10.5. The van der Waals surface area contributed by atoms with E-state index in [0.29, 0.717) is 5.92 Å². The number of nitrogens with one attached hydrogen (secondary N) is 1. The van der Waals surface area contributed by atoms with Crippen LogP contribution in [0.4, 0.5) is 5.69 Å². The first-order chi connectivity index (χ1) is 8.47. The molecule has 0 aliphatic carbocycles. The average Bonchev–Trinajstić information content (AvgIpc) is 2.31. The highest BCUT2D eigenvalue weighted by molar-refractivity contribution is 5.93. The van der Waals surface area contributed by atoms with Gasteiger partial charge in [-0.1, -0.05) is 52.3 Å². The minimum Gasteiger partial charge on any atom is -0.325 e. The number of para-hydroxylation sites is 1. The van der Waals surface area contributed by atoms with Gasteiger partial charge >= 0.3 is 0 Å². The Hall–Kier alpha value is -1.31. The Bertz CT molecular complexity index is 410. The molecule has 1 N–H and O–H groups in total. The maximum Gasteiger partial charge on any atom is 0.227 e. The van der Waals surface area contributed by atoms with Crippen LogP contribution in [0.3, 0.4) is 0 Å². The second-order valence-corrected chi connectivity index (χ2v) is 5.37. The summed E-state index contributed by atoms with van der Waals surface area (Å²) in [5.41, 5.74) is 3.35. The number of amides is 1. The van der Waals surface area contributed by atoms with Crippen LogP contribution in [0.1, 0.15) is 57.6 Å². The van der Waals surface area contributed by atoms with Gasteiger partial charge in [-0.3, -0.25) is 4.79 Å². The topological polar surface area (TPSA) is 29.1 Å². The highest BCUT2D eigenvalue weighted by atomic mass is 16.1. The summed E-state index contributed by atoms with van der Waals surface area (Å²) >= 11 is 0. The van der Waals surface area contributed by atoms with Crippen LogP contribution in [-0.2, 0) is 4.79 Å². The molecule has 0 aromatic heterocycles. The molecule has 100 valence electrons. The van der Waals surface area contributed by atoms with Crippen molar-refractivity contribution >= 4 is 11.6 Å². The number of carbonyl (C=O) groups is 1. The quantitative estimate of drug-likeness (QED) is 0.816. The van der Waals surface area contributed by atoms with E-state index in [1.54, 1.807) is 0 Å². The third kappa shape index (κ3) is 3.59. The Morgan fingerprint density at radius 2 is 1.94 bits per heavy atom. The van der Waals surface area contributed by atoms with Crippen molar-refractivity contribution in [2.75, 3.05) is 5.32 Å². The van der Waals surface area contributed by atoms with E-state index in [2.05, 4.69) is 38.2 Å². The molecule has 0 aliphatic heterocycles. The summed E-state index contributed by atoms with van der Waals surface area (Å²) in [6.07, 6.45) is 1.98. The molecule has 1 aromatic carbocycles. The first-order valence-electron chi connectivity index (χ1n) is 6.87. The second-order valence-electron chi connectivity index (χ2n) is 5.37. The maximum absolute atomic E-state index is 12.1. The van der Waals surface area contributed by atoms with E-state index in [4.69, 9.17) is 0 Å². The van der Waals surface area contributed by atoms with Crippen LogP contribution < -0.4 is 5.32 Å². The van der Waals surface area contributed by atoms with Gasteiger partial charge < -0.3 is 5.32 Å². The molecule has 0 aliphatic rings. The van der Waals surface area contributed by atoms with Crippen LogP contribution in [-0.4, -0.2) is 5.91 Å². The van der Waals surface area contributed by atoms with Crippen molar-refractivity contribution in [3.63, 3.8) is 0 Å². The zero-order chi connectivity index (χ0) is 13.7. The summed E-state index contributed by atoms with van der Waals surface area (Å²) in [4.78, 5) is 12.1. The molecule has 1 atom stereocenters. The molecule has 18 heavy (non-hydrogen) atoms. The third-order valence-electron chi connectivity index (χ3n) is 3.34. The zero-order valence-electron chi connectivity index (χ0n) is 12.2. The lowest BCUT2D eigenvalue weighted by Gasteiger charge is -2.18. The predicted octanol–water partition coefficient (Wildman–Crippen LogP) is 4.49. The lowest BCUT2D eigenvalue weighted by atomic mass is 9.97. The summed E-state index contributed by atoms with van der Waals surface area (Å²) < 4.78 is 0. The number of anilines is 1. The predicted molar refractivity (Wildman–Crippen MR) is 78.0 cm³/mol. The molecule has 1 amide bonds. The molecule has 1 aromatic rings. The van der Waals surface area contributed by atoms with Crippen molar-refractivity contribution in [1.82, 2.24) is 0 Å². The average molecular weight is 247 g/mol. The number of benzene rings is 1. The van der Waals surface area contributed by atoms with Crippen LogP contribution in [0.2, 0.25) is 0 Å². The van der Waals surface area contributed by atoms with Gasteiger partial charge in [0, 0.05) is 11.6 Å². The standard InChI is InChI=1S/C16H25NO/c1-6-8-13(5)16(18)17-15-12(4)9-7-10-14(15)11(2)3/h7,9-11,13H,6,8H2,1-5H3,(H,17,18). The van der Waals surface area contributed by atoms with Crippen LogP contribution >= 0.6 is 0 Å². The monoisotopic (exact) mass is 247 g/mol. The van der Waals surface area contributed by atoms with Gasteiger partial charge in [-0.2, -0.15) is 0 Å². The first-order valence-corrected chi connectivity index (χ1v) is 6.87. The fourth-order valence-corrected chi connectivity index (χ4v) is 2.15. The SMILES string of the molecule is CCCC(C)C(=O)Nc1c(C)cccc1C(C)C. The van der Waals surface area contributed by atoms with Crippen molar-refractivity contribution in [2.24, 2.45) is 5.92 Å². The zero-order valence-corrected chi connectivity index (χ0v) is 12.2. The van der Waals surface area contributed by atoms with E-state index >= 15 is 0 Å². The van der Waals surface area contributed by atoms with Gasteiger partial charge in [0.15, 0.2) is 0 Å². The number of hydrogen-bond donors (Lipinski definition) is 1. The van der Waals surface area contributed by atoms with Crippen molar-refractivity contribution < 1.29 is 4.79 Å². The Labute approximate surface area is 111 Å². The van der Waals surface area contributed by atoms with Gasteiger partial charge in [0.1, 0.15) is 0 Å². The fraction of sp³-hybridized carbons (Fsp3) is 0.562. The third-order valence-corrected chi connectivity index (χ3v) is 3.34. The lowest BCUT2D eigenvalue weighted by Crippen LogP contribution is -2.21. The van der Waals surface area contributed by atoms with E-state index in [9.17, 15) is 4.79 Å². The molecule has 0 radical (unpaired) electrons. The van der Waals surface area contributed by atoms with Crippen molar-refractivity contribution in [3.05, 3.63) is 29.3 Å². The van der Waals surface area contributed by atoms with E-state index in [1.807, 2.05) is 19.9 Å². The molecule has 1 rings (SSSR count). The summed E-state index contributed by atoms with van der Waals surface area (Å²) in [5.74, 6) is 0.629. The van der Waals surface area contributed by atoms with Gasteiger partial charge in [0.05, 0.1) is 0 Å². The molecule has 0 fully saturated rings. The summed E-state index contributed by atoms with van der Waals surface area (Å²) in [6, 6.07) is 6.19. The fourth-order valence-electron chi connectivity index (χ4n) is 2.15. The first kappa shape index (κ1) is 14.7. The van der Waals surface area contributed by atoms with E-state index in [-0.39, 0.29) is 11.8 Å². The Morgan fingerprint density at radius 1 is 1.28 bits per heavy atom. The van der Waals surface area contributed by atoms with Crippen LogP contribution in [0.25, 0.3) is 0 Å². The largest absolute Gasteiger partial charge is 0.325 e. The number of aryl methyl sites for hydroxylation is 1. The highest BCUT2D eigenvalue weighted by Gasteiger charge is 2.16. The molecule has 0 bridgehead atoms. The molecule has 2 nitrogen and oxygen atoms in total. The van der Waals surface area contributed by atoms with Crippen molar-refractivity contribution in [2.45, 2.75) is 53.4 Å². The normalized spacial score (nSPS) is 12.6. The minimum absolute atomic E-state index is 0.0784. The molecule has 1 unspecified atom stereocenters. The number of hydrogen-bond acceptors (Lipinski definition) is 1. The Balaban J connectivity index is 2.93. The van der Waals surface area contributed by atoms with Crippen LogP contribution in [0, 0.1) is 12.8 Å². The van der Waals surface area contributed by atoms with Gasteiger partial charge in [-0.05, 0) is 30.4 Å². The van der Waals surface area contributed by atoms with Crippen LogP contribution in [0.5, 0.6) is 0 Å². The molecule has 0 saturated heterocycles. The van der Waals surface area contributed by atoms with Gasteiger partial charge in [0.2, 0.25) is 5.91 Å². The maximum atomic E-state index is 12.1. The summed E-state index contributed by atoms with van der Waals surface area (Å²) in [5, 5.41) is 3.11. The number of rotatable bonds is 5. The van der Waals surface area contributed by atoms with E-state index < -0.39 is 0 Å². The Morgan fingerprint density at radius 3 is 2.50 bits per heavy atom. The smallest absolute Gasteiger partial charge is 0.227 e. The van der Waals surface area contributed by atoms with E-state index in [0.717, 1.165) is 24.1 Å². The number of carbonyl (C=O) groups excluding carboxylic acids is 1. The molecule has 0 saturated carbocycles. The second kappa shape index (κ2) is 6.58. The van der Waals surface area contributed by atoms with Crippen LogP contribution in [0.15, 0.2) is 18.2 Å².